The zero-order valence-corrected chi connectivity index (χ0v) is 15.7. The summed E-state index contributed by atoms with van der Waals surface area (Å²) in [6, 6.07) is 9.42. The second-order valence-electron chi connectivity index (χ2n) is 7.01. The molecule has 1 amide bonds. The Bertz CT molecular complexity index is 1100. The van der Waals surface area contributed by atoms with Gasteiger partial charge in [-0.25, -0.2) is 4.39 Å². The number of nitrogens with zero attached hydrogens (tertiary/aromatic N) is 2. The van der Waals surface area contributed by atoms with E-state index in [1.54, 1.807) is 29.2 Å². The van der Waals surface area contributed by atoms with E-state index in [2.05, 4.69) is 16.8 Å². The summed E-state index contributed by atoms with van der Waals surface area (Å²) in [5.41, 5.74) is 3.89. The fourth-order valence-corrected chi connectivity index (χ4v) is 3.89. The van der Waals surface area contributed by atoms with Gasteiger partial charge < -0.3 is 10.0 Å². The molecule has 1 aromatic heterocycles. The maximum Gasteiger partial charge on any atom is 0.273 e. The number of halogens is 1. The van der Waals surface area contributed by atoms with Crippen molar-refractivity contribution in [1.82, 2.24) is 15.1 Å². The second-order valence-corrected chi connectivity index (χ2v) is 7.01. The number of hydrogen-bond donors (Lipinski definition) is 2. The van der Waals surface area contributed by atoms with Gasteiger partial charge in [-0.05, 0) is 37.1 Å². The van der Waals surface area contributed by atoms with Crippen LogP contribution in [0.4, 0.5) is 4.39 Å². The molecule has 3 aromatic rings. The number of aromatic hydroxyl groups is 1. The first-order chi connectivity index (χ1) is 13.4. The number of H-pyrrole nitrogens is 1. The number of carbonyl (C=O) groups is 1. The van der Waals surface area contributed by atoms with Crippen LogP contribution in [-0.2, 0) is 0 Å². The number of carbonyl (C=O) groups excluding carboxylic acids is 1. The van der Waals surface area contributed by atoms with Crippen molar-refractivity contribution in [3.8, 4) is 17.0 Å². The van der Waals surface area contributed by atoms with Crippen LogP contribution in [0.2, 0.25) is 0 Å². The Morgan fingerprint density at radius 3 is 2.79 bits per heavy atom. The largest absolute Gasteiger partial charge is 0.507 e. The van der Waals surface area contributed by atoms with Crippen LogP contribution < -0.4 is 0 Å². The summed E-state index contributed by atoms with van der Waals surface area (Å²) in [5, 5.41) is 17.7. The smallest absolute Gasteiger partial charge is 0.273 e. The van der Waals surface area contributed by atoms with E-state index in [9.17, 15) is 14.3 Å². The molecule has 5 nitrogen and oxygen atoms in total. The summed E-state index contributed by atoms with van der Waals surface area (Å²) in [6.07, 6.45) is 1.61. The minimum absolute atomic E-state index is 0.0989. The summed E-state index contributed by atoms with van der Waals surface area (Å²) in [4.78, 5) is 14.5. The molecule has 1 unspecified atom stereocenters. The minimum Gasteiger partial charge on any atom is -0.507 e. The number of phenolic OH excluding ortho intramolecular Hbond substituents is 1. The Labute approximate surface area is 162 Å². The second kappa shape index (κ2) is 6.64. The molecule has 1 aliphatic heterocycles. The van der Waals surface area contributed by atoms with Crippen LogP contribution >= 0.6 is 0 Å². The van der Waals surface area contributed by atoms with Gasteiger partial charge in [0, 0.05) is 23.2 Å². The molecular weight excluding hydrogens is 357 g/mol. The van der Waals surface area contributed by atoms with Crippen LogP contribution in [0.1, 0.15) is 38.8 Å². The summed E-state index contributed by atoms with van der Waals surface area (Å²) < 4.78 is 14.7. The van der Waals surface area contributed by atoms with E-state index in [0.29, 0.717) is 33.6 Å². The molecule has 28 heavy (non-hydrogen) atoms. The van der Waals surface area contributed by atoms with Crippen LogP contribution in [0.25, 0.3) is 11.3 Å². The molecule has 1 atom stereocenters. The SMILES string of the molecule is C=CCN1C(=O)c2[nH]nc(-c3cc(C)cc(C)c3O)c2C1c1ccccc1F. The lowest BCUT2D eigenvalue weighted by Gasteiger charge is -2.25. The topological polar surface area (TPSA) is 69.2 Å². The van der Waals surface area contributed by atoms with Crippen molar-refractivity contribution in [3.63, 3.8) is 0 Å². The predicted octanol–water partition coefficient (Wildman–Crippen LogP) is 4.27. The van der Waals surface area contributed by atoms with Crippen LogP contribution in [-0.4, -0.2) is 32.7 Å². The Hall–Kier alpha value is -3.41. The number of aryl methyl sites for hydroxylation is 2. The highest BCUT2D eigenvalue weighted by molar-refractivity contribution is 6.00. The van der Waals surface area contributed by atoms with Crippen LogP contribution in [0.3, 0.4) is 0 Å². The van der Waals surface area contributed by atoms with E-state index >= 15 is 0 Å². The van der Waals surface area contributed by atoms with Crippen LogP contribution in [0.15, 0.2) is 49.1 Å². The first-order valence-corrected chi connectivity index (χ1v) is 8.99. The highest BCUT2D eigenvalue weighted by Gasteiger charge is 2.43. The fourth-order valence-electron chi connectivity index (χ4n) is 3.89. The van der Waals surface area contributed by atoms with E-state index in [1.165, 1.54) is 6.07 Å². The highest BCUT2D eigenvalue weighted by Crippen LogP contribution is 2.45. The average molecular weight is 377 g/mol. The van der Waals surface area contributed by atoms with Gasteiger partial charge in [0.25, 0.3) is 5.91 Å². The van der Waals surface area contributed by atoms with Gasteiger partial charge in [-0.3, -0.25) is 9.89 Å². The highest BCUT2D eigenvalue weighted by atomic mass is 19.1. The number of phenols is 1. The molecule has 6 heteroatoms. The summed E-state index contributed by atoms with van der Waals surface area (Å²) in [6.45, 7) is 7.71. The molecule has 0 saturated heterocycles. The summed E-state index contributed by atoms with van der Waals surface area (Å²) in [5.74, 6) is -0.577. The van der Waals surface area contributed by atoms with Gasteiger partial charge in [-0.15, -0.1) is 6.58 Å². The van der Waals surface area contributed by atoms with Crippen molar-refractivity contribution in [2.45, 2.75) is 19.9 Å². The molecule has 0 radical (unpaired) electrons. The Kier molecular flexibility index (Phi) is 4.26. The Balaban J connectivity index is 1.98. The third kappa shape index (κ3) is 2.60. The van der Waals surface area contributed by atoms with Gasteiger partial charge in [0.1, 0.15) is 23.0 Å². The number of aromatic amines is 1. The molecule has 2 aromatic carbocycles. The maximum atomic E-state index is 14.7. The molecule has 0 aliphatic carbocycles. The quantitative estimate of drug-likeness (QED) is 0.667. The van der Waals surface area contributed by atoms with Gasteiger partial charge in [-0.1, -0.05) is 30.3 Å². The van der Waals surface area contributed by atoms with E-state index < -0.39 is 11.9 Å². The number of amides is 1. The third-order valence-corrected chi connectivity index (χ3v) is 5.09. The van der Waals surface area contributed by atoms with Crippen molar-refractivity contribution in [3.05, 3.63) is 82.8 Å². The van der Waals surface area contributed by atoms with Crippen molar-refractivity contribution in [2.75, 3.05) is 6.54 Å². The van der Waals surface area contributed by atoms with Crippen molar-refractivity contribution in [1.29, 1.82) is 0 Å². The number of aromatic nitrogens is 2. The third-order valence-electron chi connectivity index (χ3n) is 5.09. The lowest BCUT2D eigenvalue weighted by molar-refractivity contribution is 0.0763. The predicted molar refractivity (Wildman–Crippen MR) is 105 cm³/mol. The lowest BCUT2D eigenvalue weighted by atomic mass is 9.94. The van der Waals surface area contributed by atoms with Crippen LogP contribution in [0.5, 0.6) is 5.75 Å². The van der Waals surface area contributed by atoms with E-state index in [0.717, 1.165) is 5.56 Å². The summed E-state index contributed by atoms with van der Waals surface area (Å²) >= 11 is 0. The van der Waals surface area contributed by atoms with E-state index in [1.807, 2.05) is 26.0 Å². The normalized spacial score (nSPS) is 15.8. The maximum absolute atomic E-state index is 14.7. The van der Waals surface area contributed by atoms with Crippen molar-refractivity contribution in [2.24, 2.45) is 0 Å². The molecule has 2 N–H and O–H groups in total. The number of nitrogens with one attached hydrogen (secondary N) is 1. The molecule has 0 saturated carbocycles. The van der Waals surface area contributed by atoms with Gasteiger partial charge in [0.15, 0.2) is 0 Å². The average Bonchev–Trinajstić information content (AvgIpc) is 3.19. The number of benzene rings is 2. The van der Waals surface area contributed by atoms with Crippen LogP contribution in [0, 0.1) is 19.7 Å². The van der Waals surface area contributed by atoms with Gasteiger partial charge >= 0.3 is 0 Å². The molecule has 4 rings (SSSR count). The fraction of sp³-hybridized carbons (Fsp3) is 0.182. The zero-order chi connectivity index (χ0) is 20.0. The first-order valence-electron chi connectivity index (χ1n) is 8.99. The molecule has 1 aliphatic rings. The number of fused-ring (bicyclic) bond motifs is 1. The molecular formula is C22H20FN3O2. The van der Waals surface area contributed by atoms with E-state index in [-0.39, 0.29) is 18.2 Å². The Morgan fingerprint density at radius 2 is 2.07 bits per heavy atom. The number of hydrogen-bond acceptors (Lipinski definition) is 3. The standard InChI is InChI=1S/C22H20FN3O2/c1-4-9-26-20(14-7-5-6-8-16(14)23)17-18(24-25-19(17)22(26)28)15-11-12(2)10-13(3)21(15)27/h4-8,10-11,20,27H,1,9H2,2-3H3,(H,24,25). The van der Waals surface area contributed by atoms with Gasteiger partial charge in [0.05, 0.1) is 6.04 Å². The molecule has 0 fully saturated rings. The molecule has 2 heterocycles. The summed E-state index contributed by atoms with van der Waals surface area (Å²) in [7, 11) is 0. The molecule has 0 bridgehead atoms. The molecule has 0 spiro atoms. The minimum atomic E-state index is -0.657. The molecule has 142 valence electrons. The monoisotopic (exact) mass is 377 g/mol. The van der Waals surface area contributed by atoms with Crippen molar-refractivity contribution < 1.29 is 14.3 Å². The zero-order valence-electron chi connectivity index (χ0n) is 15.7. The van der Waals surface area contributed by atoms with Gasteiger partial charge in [0.2, 0.25) is 0 Å². The number of rotatable bonds is 4. The van der Waals surface area contributed by atoms with Crippen molar-refractivity contribution >= 4 is 5.91 Å². The first kappa shape index (κ1) is 18.0. The Morgan fingerprint density at radius 1 is 1.32 bits per heavy atom. The lowest BCUT2D eigenvalue weighted by Crippen LogP contribution is -2.30. The van der Waals surface area contributed by atoms with E-state index in [4.69, 9.17) is 0 Å². The van der Waals surface area contributed by atoms with Gasteiger partial charge in [-0.2, -0.15) is 5.10 Å².